The lowest BCUT2D eigenvalue weighted by Gasteiger charge is -2.12. The Balaban J connectivity index is 1.63. The van der Waals surface area contributed by atoms with Gasteiger partial charge in [0.1, 0.15) is 11.6 Å². The average Bonchev–Trinajstić information content (AvgIpc) is 3.28. The van der Waals surface area contributed by atoms with Crippen LogP contribution in [-0.2, 0) is 7.05 Å². The van der Waals surface area contributed by atoms with Crippen molar-refractivity contribution in [2.24, 2.45) is 7.05 Å². The highest BCUT2D eigenvalue weighted by Crippen LogP contribution is 2.38. The Bertz CT molecular complexity index is 1240. The maximum atomic E-state index is 14.3. The fourth-order valence-electron chi connectivity index (χ4n) is 3.27. The molecule has 0 amide bonds. The van der Waals surface area contributed by atoms with Crippen LogP contribution in [0.1, 0.15) is 12.5 Å². The first-order valence-electron chi connectivity index (χ1n) is 9.69. The van der Waals surface area contributed by atoms with E-state index in [1.54, 1.807) is 29.9 Å². The Morgan fingerprint density at radius 3 is 2.53 bits per heavy atom. The summed E-state index contributed by atoms with van der Waals surface area (Å²) in [6.45, 7) is 2.11. The highest BCUT2D eigenvalue weighted by molar-refractivity contribution is 7.14. The van der Waals surface area contributed by atoms with Crippen LogP contribution in [-0.4, -0.2) is 27.3 Å². The van der Waals surface area contributed by atoms with Gasteiger partial charge in [-0.25, -0.2) is 22.8 Å². The third-order valence-corrected chi connectivity index (χ3v) is 6.28. The van der Waals surface area contributed by atoms with E-state index < -0.39 is 18.3 Å². The predicted octanol–water partition coefficient (Wildman–Crippen LogP) is 7.01. The first kappa shape index (κ1) is 22.4. The van der Waals surface area contributed by atoms with Crippen LogP contribution in [0.25, 0.3) is 33.2 Å². The molecule has 166 valence electrons. The molecule has 4 rings (SSSR count). The number of hydrogen-bond acceptors (Lipinski definition) is 4. The van der Waals surface area contributed by atoms with Gasteiger partial charge in [0.25, 0.3) is 5.92 Å². The second-order valence-electron chi connectivity index (χ2n) is 7.47. The Kier molecular flexibility index (Phi) is 6.01. The van der Waals surface area contributed by atoms with Crippen molar-refractivity contribution in [1.29, 1.82) is 0 Å². The van der Waals surface area contributed by atoms with Gasteiger partial charge in [-0.05, 0) is 54.4 Å². The minimum Gasteiger partial charge on any atom is -0.487 e. The molecular formula is C23H19ClF3N3OS. The molecule has 0 atom stereocenters. The van der Waals surface area contributed by atoms with E-state index in [0.717, 1.165) is 28.5 Å². The summed E-state index contributed by atoms with van der Waals surface area (Å²) in [5.41, 5.74) is 2.93. The lowest BCUT2D eigenvalue weighted by atomic mass is 10.1. The van der Waals surface area contributed by atoms with Gasteiger partial charge in [-0.15, -0.1) is 11.3 Å². The van der Waals surface area contributed by atoms with E-state index in [4.69, 9.17) is 16.3 Å². The van der Waals surface area contributed by atoms with Crippen molar-refractivity contribution in [1.82, 2.24) is 14.8 Å². The zero-order valence-corrected chi connectivity index (χ0v) is 19.1. The number of aromatic nitrogens is 3. The van der Waals surface area contributed by atoms with Crippen molar-refractivity contribution >= 4 is 22.9 Å². The third-order valence-electron chi connectivity index (χ3n) is 4.84. The number of benzene rings is 2. The zero-order valence-electron chi connectivity index (χ0n) is 17.5. The molecule has 2 aromatic carbocycles. The summed E-state index contributed by atoms with van der Waals surface area (Å²) in [6.07, 6.45) is 0. The molecule has 2 heterocycles. The maximum absolute atomic E-state index is 14.3. The molecule has 0 aliphatic rings. The average molecular weight is 478 g/mol. The van der Waals surface area contributed by atoms with Gasteiger partial charge in [-0.1, -0.05) is 17.7 Å². The lowest BCUT2D eigenvalue weighted by molar-refractivity contribution is -0.0229. The fraction of sp³-hybridized carbons (Fsp3) is 0.217. The normalized spacial score (nSPS) is 11.7. The standard InChI is InChI=1S/C23H19ClF3N3OS/c1-13-16(22-28-21(29-30(22)3)19-17(24)5-4-6-18(19)25)11-32-20(13)14-7-9-15(10-8-14)31-12-23(2,26)27/h4-11H,12H2,1-3H3. The van der Waals surface area contributed by atoms with E-state index in [1.165, 1.54) is 23.5 Å². The van der Waals surface area contributed by atoms with E-state index in [9.17, 15) is 13.2 Å². The SMILES string of the molecule is Cc1c(-c2nc(-c3c(F)cccc3Cl)nn2C)csc1-c1ccc(OCC(C)(F)F)cc1. The molecule has 0 radical (unpaired) electrons. The smallest absolute Gasteiger partial charge is 0.278 e. The molecule has 0 unspecified atom stereocenters. The molecule has 0 aliphatic heterocycles. The van der Waals surface area contributed by atoms with Crippen LogP contribution in [0.3, 0.4) is 0 Å². The first-order valence-corrected chi connectivity index (χ1v) is 10.9. The minimum absolute atomic E-state index is 0.164. The number of thiophene rings is 1. The maximum Gasteiger partial charge on any atom is 0.278 e. The molecule has 4 nitrogen and oxygen atoms in total. The second kappa shape index (κ2) is 8.60. The van der Waals surface area contributed by atoms with Gasteiger partial charge >= 0.3 is 0 Å². The van der Waals surface area contributed by atoms with E-state index in [-0.39, 0.29) is 16.4 Å². The molecule has 4 aromatic rings. The van der Waals surface area contributed by atoms with Crippen LogP contribution in [0.4, 0.5) is 13.2 Å². The molecule has 0 fully saturated rings. The van der Waals surface area contributed by atoms with E-state index in [2.05, 4.69) is 10.1 Å². The minimum atomic E-state index is -2.89. The number of nitrogens with zero attached hydrogens (tertiary/aromatic N) is 3. The zero-order chi connectivity index (χ0) is 23.0. The molecular weight excluding hydrogens is 459 g/mol. The molecule has 32 heavy (non-hydrogen) atoms. The molecule has 0 N–H and O–H groups in total. The highest BCUT2D eigenvalue weighted by atomic mass is 35.5. The van der Waals surface area contributed by atoms with Crippen LogP contribution in [0.15, 0.2) is 47.8 Å². The Morgan fingerprint density at radius 2 is 1.88 bits per heavy atom. The van der Waals surface area contributed by atoms with Gasteiger partial charge in [0.2, 0.25) is 0 Å². The summed E-state index contributed by atoms with van der Waals surface area (Å²) in [5.74, 6) is -2.19. The fourth-order valence-corrected chi connectivity index (χ4v) is 4.60. The largest absolute Gasteiger partial charge is 0.487 e. The first-order chi connectivity index (χ1) is 15.1. The van der Waals surface area contributed by atoms with Crippen LogP contribution in [0.2, 0.25) is 5.02 Å². The number of ether oxygens (including phenoxy) is 1. The summed E-state index contributed by atoms with van der Waals surface area (Å²) in [4.78, 5) is 5.55. The quantitative estimate of drug-likeness (QED) is 0.300. The number of rotatable bonds is 6. The second-order valence-corrected chi connectivity index (χ2v) is 8.75. The molecule has 0 spiro atoms. The summed E-state index contributed by atoms with van der Waals surface area (Å²) in [7, 11) is 1.74. The van der Waals surface area contributed by atoms with Crippen LogP contribution in [0.5, 0.6) is 5.75 Å². The monoisotopic (exact) mass is 477 g/mol. The molecule has 0 saturated heterocycles. The van der Waals surface area contributed by atoms with Crippen LogP contribution >= 0.6 is 22.9 Å². The third kappa shape index (κ3) is 4.52. The van der Waals surface area contributed by atoms with E-state index >= 15 is 0 Å². The topological polar surface area (TPSA) is 39.9 Å². The Morgan fingerprint density at radius 1 is 1.16 bits per heavy atom. The van der Waals surface area contributed by atoms with Crippen LogP contribution in [0, 0.1) is 12.7 Å². The van der Waals surface area contributed by atoms with Gasteiger partial charge in [0.15, 0.2) is 18.3 Å². The summed E-state index contributed by atoms with van der Waals surface area (Å²) in [5, 5.41) is 6.57. The lowest BCUT2D eigenvalue weighted by Crippen LogP contribution is -2.20. The van der Waals surface area contributed by atoms with Crippen molar-refractivity contribution in [3.8, 4) is 39.0 Å². The van der Waals surface area contributed by atoms with Gasteiger partial charge < -0.3 is 4.74 Å². The van der Waals surface area contributed by atoms with Crippen LogP contribution < -0.4 is 4.74 Å². The number of alkyl halides is 2. The Labute approximate surface area is 192 Å². The van der Waals surface area contributed by atoms with Gasteiger partial charge in [0, 0.05) is 29.8 Å². The molecule has 0 saturated carbocycles. The summed E-state index contributed by atoms with van der Waals surface area (Å²) < 4.78 is 47.0. The van der Waals surface area contributed by atoms with E-state index in [0.29, 0.717) is 11.6 Å². The van der Waals surface area contributed by atoms with Gasteiger partial charge in [-0.2, -0.15) is 5.10 Å². The van der Waals surface area contributed by atoms with Gasteiger partial charge in [-0.3, -0.25) is 0 Å². The summed E-state index contributed by atoms with van der Waals surface area (Å²) >= 11 is 7.69. The molecule has 9 heteroatoms. The summed E-state index contributed by atoms with van der Waals surface area (Å²) in [6, 6.07) is 11.4. The predicted molar refractivity (Wildman–Crippen MR) is 121 cm³/mol. The van der Waals surface area contributed by atoms with Crippen molar-refractivity contribution in [2.45, 2.75) is 19.8 Å². The molecule has 2 aromatic heterocycles. The molecule has 0 bridgehead atoms. The van der Waals surface area contributed by atoms with Crippen molar-refractivity contribution in [3.05, 3.63) is 64.2 Å². The van der Waals surface area contributed by atoms with Crippen molar-refractivity contribution in [2.75, 3.05) is 6.61 Å². The molecule has 0 aliphatic carbocycles. The van der Waals surface area contributed by atoms with Gasteiger partial charge in [0.05, 0.1) is 10.6 Å². The number of hydrogen-bond donors (Lipinski definition) is 0. The highest BCUT2D eigenvalue weighted by Gasteiger charge is 2.22. The Hall–Kier alpha value is -2.84. The number of aryl methyl sites for hydroxylation is 1. The van der Waals surface area contributed by atoms with Crippen molar-refractivity contribution < 1.29 is 17.9 Å². The van der Waals surface area contributed by atoms with E-state index in [1.807, 2.05) is 24.4 Å². The number of halogens is 4. The van der Waals surface area contributed by atoms with Crippen molar-refractivity contribution in [3.63, 3.8) is 0 Å².